The number of halogens is 1. The average Bonchev–Trinajstić information content (AvgIpc) is 2.38. The number of nitrogens with two attached hydrogens (primary N) is 1. The van der Waals surface area contributed by atoms with Crippen LogP contribution in [0.4, 0.5) is 4.39 Å². The number of sulfonamides is 1. The van der Waals surface area contributed by atoms with Gasteiger partial charge >= 0.3 is 0 Å². The molecule has 1 aliphatic heterocycles. The fraction of sp³-hybridized carbons (Fsp3) is 0.455. The van der Waals surface area contributed by atoms with Crippen LogP contribution in [0.25, 0.3) is 0 Å². The molecule has 100 valence electrons. The summed E-state index contributed by atoms with van der Waals surface area (Å²) < 4.78 is 44.3. The second-order valence-electron chi connectivity index (χ2n) is 4.04. The van der Waals surface area contributed by atoms with Gasteiger partial charge in [-0.3, -0.25) is 0 Å². The van der Waals surface area contributed by atoms with E-state index in [1.54, 1.807) is 0 Å². The zero-order valence-electron chi connectivity index (χ0n) is 9.75. The molecule has 1 heterocycles. The molecule has 2 rings (SSSR count). The van der Waals surface area contributed by atoms with Crippen LogP contribution in [0.1, 0.15) is 0 Å². The van der Waals surface area contributed by atoms with Crippen molar-refractivity contribution in [1.29, 1.82) is 0 Å². The van der Waals surface area contributed by atoms with Gasteiger partial charge in [0.2, 0.25) is 10.0 Å². The van der Waals surface area contributed by atoms with Gasteiger partial charge in [-0.05, 0) is 18.2 Å². The Kier molecular flexibility index (Phi) is 3.96. The Morgan fingerprint density at radius 2 is 2.28 bits per heavy atom. The lowest BCUT2D eigenvalue weighted by atomic mass is 10.3. The standard InChI is InChI=1S/C11H15FN2O3S/c12-9-2-1-3-11(6-9)18(15,16)14-4-5-17-8-10(14)7-13/h1-3,6,10H,4-5,7-8,13H2. The number of rotatable bonds is 3. The third-order valence-electron chi connectivity index (χ3n) is 2.85. The second kappa shape index (κ2) is 5.31. The minimum atomic E-state index is -3.71. The molecule has 1 aromatic carbocycles. The van der Waals surface area contributed by atoms with Crippen LogP contribution in [-0.4, -0.2) is 45.1 Å². The van der Waals surface area contributed by atoms with Crippen molar-refractivity contribution in [2.24, 2.45) is 5.73 Å². The van der Waals surface area contributed by atoms with Crippen LogP contribution in [0.2, 0.25) is 0 Å². The maximum atomic E-state index is 13.1. The molecule has 0 radical (unpaired) electrons. The van der Waals surface area contributed by atoms with Crippen molar-refractivity contribution < 1.29 is 17.5 Å². The first-order valence-electron chi connectivity index (χ1n) is 5.61. The molecule has 0 bridgehead atoms. The highest BCUT2D eigenvalue weighted by Gasteiger charge is 2.33. The normalized spacial score (nSPS) is 22.0. The van der Waals surface area contributed by atoms with Crippen LogP contribution in [-0.2, 0) is 14.8 Å². The Hall–Kier alpha value is -1.02. The summed E-state index contributed by atoms with van der Waals surface area (Å²) in [6.07, 6.45) is 0. The lowest BCUT2D eigenvalue weighted by Gasteiger charge is -2.33. The zero-order valence-corrected chi connectivity index (χ0v) is 10.6. The van der Waals surface area contributed by atoms with Gasteiger partial charge in [-0.15, -0.1) is 0 Å². The van der Waals surface area contributed by atoms with Gasteiger partial charge in [0.15, 0.2) is 0 Å². The van der Waals surface area contributed by atoms with Crippen LogP contribution in [0.3, 0.4) is 0 Å². The molecule has 0 saturated carbocycles. The Morgan fingerprint density at radius 1 is 1.50 bits per heavy atom. The lowest BCUT2D eigenvalue weighted by Crippen LogP contribution is -2.51. The number of benzene rings is 1. The fourth-order valence-corrected chi connectivity index (χ4v) is 3.54. The van der Waals surface area contributed by atoms with Crippen LogP contribution >= 0.6 is 0 Å². The number of nitrogens with zero attached hydrogens (tertiary/aromatic N) is 1. The molecule has 5 nitrogen and oxygen atoms in total. The maximum absolute atomic E-state index is 13.1. The van der Waals surface area contributed by atoms with E-state index >= 15 is 0 Å². The predicted octanol–water partition coefficient (Wildman–Crippen LogP) is 0.174. The van der Waals surface area contributed by atoms with E-state index in [4.69, 9.17) is 10.5 Å². The molecule has 0 amide bonds. The molecule has 0 spiro atoms. The zero-order chi connectivity index (χ0) is 13.2. The van der Waals surface area contributed by atoms with Crippen LogP contribution in [0.5, 0.6) is 0 Å². The van der Waals surface area contributed by atoms with Gasteiger partial charge in [0.1, 0.15) is 5.82 Å². The van der Waals surface area contributed by atoms with E-state index in [9.17, 15) is 12.8 Å². The summed E-state index contributed by atoms with van der Waals surface area (Å²) in [5.41, 5.74) is 5.54. The van der Waals surface area contributed by atoms with Gasteiger partial charge in [0, 0.05) is 13.1 Å². The largest absolute Gasteiger partial charge is 0.378 e. The van der Waals surface area contributed by atoms with Crippen LogP contribution in [0, 0.1) is 5.82 Å². The molecular weight excluding hydrogens is 259 g/mol. The first kappa shape index (κ1) is 13.4. The Labute approximate surface area is 105 Å². The molecule has 18 heavy (non-hydrogen) atoms. The minimum absolute atomic E-state index is 0.0529. The summed E-state index contributed by atoms with van der Waals surface area (Å²) in [6, 6.07) is 4.57. The third kappa shape index (κ3) is 2.54. The highest BCUT2D eigenvalue weighted by Crippen LogP contribution is 2.20. The predicted molar refractivity (Wildman–Crippen MR) is 64.0 cm³/mol. The first-order valence-corrected chi connectivity index (χ1v) is 7.05. The molecule has 1 fully saturated rings. The summed E-state index contributed by atoms with van der Waals surface area (Å²) >= 11 is 0. The summed E-state index contributed by atoms with van der Waals surface area (Å²) in [7, 11) is -3.71. The molecule has 1 saturated heterocycles. The Bertz CT molecular complexity index is 521. The van der Waals surface area contributed by atoms with Gasteiger partial charge in [-0.25, -0.2) is 12.8 Å². The van der Waals surface area contributed by atoms with Crippen LogP contribution in [0.15, 0.2) is 29.2 Å². The quantitative estimate of drug-likeness (QED) is 0.853. The SMILES string of the molecule is NCC1COCCN1S(=O)(=O)c1cccc(F)c1. The Balaban J connectivity index is 2.35. The van der Waals surface area contributed by atoms with Gasteiger partial charge in [0.05, 0.1) is 24.2 Å². The number of hydrogen-bond donors (Lipinski definition) is 1. The van der Waals surface area contributed by atoms with Crippen molar-refractivity contribution in [1.82, 2.24) is 4.31 Å². The second-order valence-corrected chi connectivity index (χ2v) is 5.93. The fourth-order valence-electron chi connectivity index (χ4n) is 1.90. The highest BCUT2D eigenvalue weighted by molar-refractivity contribution is 7.89. The third-order valence-corrected chi connectivity index (χ3v) is 4.80. The minimum Gasteiger partial charge on any atom is -0.378 e. The molecule has 1 aliphatic rings. The number of ether oxygens (including phenoxy) is 1. The van der Waals surface area contributed by atoms with Crippen LogP contribution < -0.4 is 5.73 Å². The van der Waals surface area contributed by atoms with Gasteiger partial charge in [0.25, 0.3) is 0 Å². The summed E-state index contributed by atoms with van der Waals surface area (Å²) in [5, 5.41) is 0. The monoisotopic (exact) mass is 274 g/mol. The average molecular weight is 274 g/mol. The molecule has 0 aromatic heterocycles. The topological polar surface area (TPSA) is 72.6 Å². The molecule has 7 heteroatoms. The molecule has 1 atom stereocenters. The first-order chi connectivity index (χ1) is 8.55. The number of hydrogen-bond acceptors (Lipinski definition) is 4. The van der Waals surface area contributed by atoms with Crippen molar-refractivity contribution in [2.45, 2.75) is 10.9 Å². The molecule has 2 N–H and O–H groups in total. The van der Waals surface area contributed by atoms with Gasteiger partial charge in [-0.1, -0.05) is 6.07 Å². The number of morpholine rings is 1. The highest BCUT2D eigenvalue weighted by atomic mass is 32.2. The van der Waals surface area contributed by atoms with E-state index in [0.717, 1.165) is 6.07 Å². The van der Waals surface area contributed by atoms with Crippen molar-refractivity contribution in [3.8, 4) is 0 Å². The van der Waals surface area contributed by atoms with E-state index < -0.39 is 21.9 Å². The molecule has 1 unspecified atom stereocenters. The van der Waals surface area contributed by atoms with Crippen molar-refractivity contribution in [3.63, 3.8) is 0 Å². The van der Waals surface area contributed by atoms with E-state index in [1.165, 1.54) is 22.5 Å². The van der Waals surface area contributed by atoms with E-state index in [2.05, 4.69) is 0 Å². The Morgan fingerprint density at radius 3 is 2.94 bits per heavy atom. The summed E-state index contributed by atoms with van der Waals surface area (Å²) in [4.78, 5) is -0.0529. The molecule has 1 aromatic rings. The maximum Gasteiger partial charge on any atom is 0.243 e. The van der Waals surface area contributed by atoms with Crippen molar-refractivity contribution >= 4 is 10.0 Å². The van der Waals surface area contributed by atoms with Gasteiger partial charge < -0.3 is 10.5 Å². The molecular formula is C11H15FN2O3S. The lowest BCUT2D eigenvalue weighted by molar-refractivity contribution is 0.0358. The van der Waals surface area contributed by atoms with E-state index in [1.807, 2.05) is 0 Å². The van der Waals surface area contributed by atoms with Gasteiger partial charge in [-0.2, -0.15) is 4.31 Å². The summed E-state index contributed by atoms with van der Waals surface area (Å²) in [6.45, 7) is 1.01. The molecule has 0 aliphatic carbocycles. The van der Waals surface area contributed by atoms with Crippen molar-refractivity contribution in [3.05, 3.63) is 30.1 Å². The smallest absolute Gasteiger partial charge is 0.243 e. The van der Waals surface area contributed by atoms with E-state index in [-0.39, 0.29) is 24.6 Å². The summed E-state index contributed by atoms with van der Waals surface area (Å²) in [5.74, 6) is -0.575. The van der Waals surface area contributed by atoms with Crippen molar-refractivity contribution in [2.75, 3.05) is 26.3 Å². The van der Waals surface area contributed by atoms with E-state index in [0.29, 0.717) is 6.61 Å².